The zero-order valence-corrected chi connectivity index (χ0v) is 12.2. The van der Waals surface area contributed by atoms with Crippen molar-refractivity contribution in [1.29, 1.82) is 0 Å². The second-order valence-electron chi connectivity index (χ2n) is 4.24. The first-order valence-corrected chi connectivity index (χ1v) is 6.96. The summed E-state index contributed by atoms with van der Waals surface area (Å²) in [5.41, 5.74) is 1.44. The summed E-state index contributed by atoms with van der Waals surface area (Å²) >= 11 is 2.21. The van der Waals surface area contributed by atoms with E-state index < -0.39 is 0 Å². The van der Waals surface area contributed by atoms with Gasteiger partial charge in [-0.2, -0.15) is 0 Å². The topological polar surface area (TPSA) is 30.0 Å². The van der Waals surface area contributed by atoms with Crippen LogP contribution in [0.5, 0.6) is 0 Å². The van der Waals surface area contributed by atoms with Crippen LogP contribution >= 0.6 is 22.6 Å². The Bertz CT molecular complexity index is 762. The lowest BCUT2D eigenvalue weighted by Gasteiger charge is -2.05. The highest BCUT2D eigenvalue weighted by Gasteiger charge is 2.12. The number of ketones is 1. The maximum absolute atomic E-state index is 12.6. The predicted octanol–water partition coefficient (Wildman–Crippen LogP) is 4.07. The van der Waals surface area contributed by atoms with Crippen molar-refractivity contribution in [3.63, 3.8) is 0 Å². The van der Waals surface area contributed by atoms with Crippen LogP contribution in [0.4, 0.5) is 0 Å². The fourth-order valence-corrected chi connectivity index (χ4v) is 2.65. The molecule has 0 atom stereocenters. The van der Waals surface area contributed by atoms with E-state index in [0.717, 1.165) is 25.5 Å². The number of pyridine rings is 1. The summed E-state index contributed by atoms with van der Waals surface area (Å²) in [6.07, 6.45) is 3.49. The van der Waals surface area contributed by atoms with Gasteiger partial charge in [0.25, 0.3) is 0 Å². The number of aromatic nitrogens is 1. The second-order valence-corrected chi connectivity index (χ2v) is 5.49. The van der Waals surface area contributed by atoms with Crippen LogP contribution in [0.2, 0.25) is 0 Å². The molecule has 0 saturated carbocycles. The van der Waals surface area contributed by atoms with E-state index in [1.54, 1.807) is 12.4 Å². The van der Waals surface area contributed by atoms with Crippen molar-refractivity contribution in [3.8, 4) is 0 Å². The number of rotatable bonds is 2. The molecule has 0 bridgehead atoms. The van der Waals surface area contributed by atoms with Crippen LogP contribution in [0.25, 0.3) is 10.8 Å². The van der Waals surface area contributed by atoms with Crippen molar-refractivity contribution in [2.24, 2.45) is 0 Å². The largest absolute Gasteiger partial charge is 0.289 e. The summed E-state index contributed by atoms with van der Waals surface area (Å²) in [6, 6.07) is 15.2. The zero-order valence-electron chi connectivity index (χ0n) is 10.0. The Morgan fingerprint density at radius 2 is 1.89 bits per heavy atom. The highest BCUT2D eigenvalue weighted by atomic mass is 127. The Kier molecular flexibility index (Phi) is 3.29. The number of benzene rings is 2. The quantitative estimate of drug-likeness (QED) is 0.510. The summed E-state index contributed by atoms with van der Waals surface area (Å²) in [4.78, 5) is 16.7. The molecule has 92 valence electrons. The summed E-state index contributed by atoms with van der Waals surface area (Å²) < 4.78 is 1.06. The Morgan fingerprint density at radius 1 is 1.05 bits per heavy atom. The van der Waals surface area contributed by atoms with Crippen LogP contribution < -0.4 is 0 Å². The van der Waals surface area contributed by atoms with E-state index in [2.05, 4.69) is 27.6 Å². The van der Waals surface area contributed by atoms with Crippen molar-refractivity contribution in [3.05, 3.63) is 75.6 Å². The van der Waals surface area contributed by atoms with Crippen LogP contribution in [-0.2, 0) is 0 Å². The number of nitrogens with zero attached hydrogens (tertiary/aromatic N) is 1. The van der Waals surface area contributed by atoms with Crippen LogP contribution in [-0.4, -0.2) is 10.8 Å². The molecule has 3 aromatic rings. The molecule has 0 aliphatic heterocycles. The fraction of sp³-hybridized carbons (Fsp3) is 0. The molecule has 0 N–H and O–H groups in total. The molecule has 1 aromatic heterocycles. The van der Waals surface area contributed by atoms with E-state index in [-0.39, 0.29) is 5.78 Å². The van der Waals surface area contributed by atoms with Crippen LogP contribution in [0.3, 0.4) is 0 Å². The van der Waals surface area contributed by atoms with Gasteiger partial charge < -0.3 is 0 Å². The number of carbonyl (C=O) groups is 1. The molecule has 3 rings (SSSR count). The van der Waals surface area contributed by atoms with E-state index in [4.69, 9.17) is 0 Å². The molecule has 0 spiro atoms. The molecule has 0 radical (unpaired) electrons. The van der Waals surface area contributed by atoms with Crippen molar-refractivity contribution < 1.29 is 4.79 Å². The fourth-order valence-electron chi connectivity index (χ4n) is 2.11. The van der Waals surface area contributed by atoms with Gasteiger partial charge in [0.1, 0.15) is 0 Å². The van der Waals surface area contributed by atoms with Crippen molar-refractivity contribution in [2.45, 2.75) is 0 Å². The number of hydrogen-bond acceptors (Lipinski definition) is 2. The molecule has 2 aromatic carbocycles. The third-order valence-corrected chi connectivity index (χ3v) is 3.68. The standard InChI is InChI=1S/C16H10INO/c17-13-5-1-3-11(9-13)16(19)15-6-2-4-12-10-18-8-7-14(12)15/h1-10H. The van der Waals surface area contributed by atoms with E-state index in [1.165, 1.54) is 0 Å². The number of halogens is 1. The summed E-state index contributed by atoms with van der Waals surface area (Å²) in [6.45, 7) is 0. The van der Waals surface area contributed by atoms with Gasteiger partial charge in [0, 0.05) is 32.5 Å². The number of fused-ring (bicyclic) bond motifs is 1. The first-order chi connectivity index (χ1) is 9.25. The molecule has 1 heterocycles. The monoisotopic (exact) mass is 359 g/mol. The van der Waals surface area contributed by atoms with Gasteiger partial charge in [-0.1, -0.05) is 30.3 Å². The average Bonchev–Trinajstić information content (AvgIpc) is 2.46. The first-order valence-electron chi connectivity index (χ1n) is 5.89. The van der Waals surface area contributed by atoms with Crippen molar-refractivity contribution in [2.75, 3.05) is 0 Å². The Hall–Kier alpha value is -1.75. The average molecular weight is 359 g/mol. The van der Waals surface area contributed by atoms with Crippen molar-refractivity contribution in [1.82, 2.24) is 4.98 Å². The normalized spacial score (nSPS) is 10.6. The van der Waals surface area contributed by atoms with E-state index >= 15 is 0 Å². The van der Waals surface area contributed by atoms with Crippen LogP contribution in [0, 0.1) is 3.57 Å². The van der Waals surface area contributed by atoms with Gasteiger partial charge in [0.2, 0.25) is 0 Å². The third kappa shape index (κ3) is 2.38. The Labute approximate surface area is 124 Å². The van der Waals surface area contributed by atoms with Gasteiger partial charge >= 0.3 is 0 Å². The molecular formula is C16H10INO. The second kappa shape index (κ2) is 5.09. The summed E-state index contributed by atoms with van der Waals surface area (Å²) in [5, 5.41) is 1.93. The van der Waals surface area contributed by atoms with E-state index in [1.807, 2.05) is 48.5 Å². The number of hydrogen-bond donors (Lipinski definition) is 0. The molecule has 2 nitrogen and oxygen atoms in total. The molecule has 0 amide bonds. The highest BCUT2D eigenvalue weighted by Crippen LogP contribution is 2.21. The van der Waals surface area contributed by atoms with Crippen LogP contribution in [0.15, 0.2) is 60.9 Å². The van der Waals surface area contributed by atoms with Gasteiger partial charge in [-0.25, -0.2) is 0 Å². The molecule has 19 heavy (non-hydrogen) atoms. The molecule has 0 saturated heterocycles. The molecule has 0 unspecified atom stereocenters. The first kappa shape index (κ1) is 12.3. The molecule has 0 aliphatic carbocycles. The summed E-state index contributed by atoms with van der Waals surface area (Å²) in [5.74, 6) is 0.0512. The van der Waals surface area contributed by atoms with Gasteiger partial charge in [0.15, 0.2) is 5.78 Å². The molecule has 0 aliphatic rings. The predicted molar refractivity (Wildman–Crippen MR) is 84.3 cm³/mol. The van der Waals surface area contributed by atoms with Gasteiger partial charge in [-0.15, -0.1) is 0 Å². The van der Waals surface area contributed by atoms with Gasteiger partial charge in [0.05, 0.1) is 0 Å². The third-order valence-electron chi connectivity index (χ3n) is 3.01. The zero-order chi connectivity index (χ0) is 13.2. The lowest BCUT2D eigenvalue weighted by Crippen LogP contribution is -2.02. The maximum atomic E-state index is 12.6. The summed E-state index contributed by atoms with van der Waals surface area (Å²) in [7, 11) is 0. The smallest absolute Gasteiger partial charge is 0.193 e. The maximum Gasteiger partial charge on any atom is 0.193 e. The Morgan fingerprint density at radius 3 is 2.74 bits per heavy atom. The Balaban J connectivity index is 2.17. The van der Waals surface area contributed by atoms with E-state index in [9.17, 15) is 4.79 Å². The lowest BCUT2D eigenvalue weighted by atomic mass is 9.98. The molecule has 3 heteroatoms. The molecular weight excluding hydrogens is 349 g/mol. The SMILES string of the molecule is O=C(c1cccc(I)c1)c1cccc2cnccc12. The van der Waals surface area contributed by atoms with Gasteiger partial charge in [-0.3, -0.25) is 9.78 Å². The minimum atomic E-state index is 0.0512. The van der Waals surface area contributed by atoms with Crippen molar-refractivity contribution >= 4 is 39.1 Å². The van der Waals surface area contributed by atoms with Crippen LogP contribution in [0.1, 0.15) is 15.9 Å². The van der Waals surface area contributed by atoms with Gasteiger partial charge in [-0.05, 0) is 46.2 Å². The van der Waals surface area contributed by atoms with E-state index in [0.29, 0.717) is 0 Å². The minimum Gasteiger partial charge on any atom is -0.289 e. The number of carbonyl (C=O) groups excluding carboxylic acids is 1. The highest BCUT2D eigenvalue weighted by molar-refractivity contribution is 14.1. The minimum absolute atomic E-state index is 0.0512. The lowest BCUT2D eigenvalue weighted by molar-refractivity contribution is 0.104. The molecule has 0 fully saturated rings.